The molecule has 3 aromatic rings. The molecule has 0 bridgehead atoms. The Labute approximate surface area is 188 Å². The number of rotatable bonds is 8. The van der Waals surface area contributed by atoms with E-state index in [1.807, 2.05) is 44.2 Å². The van der Waals surface area contributed by atoms with Gasteiger partial charge in [0.2, 0.25) is 5.91 Å². The van der Waals surface area contributed by atoms with Crippen LogP contribution in [0.2, 0.25) is 0 Å². The maximum Gasteiger partial charge on any atom is 0.251 e. The fraction of sp³-hybridized carbons (Fsp3) is 0.231. The molecule has 32 heavy (non-hydrogen) atoms. The van der Waals surface area contributed by atoms with Gasteiger partial charge in [0.15, 0.2) is 0 Å². The van der Waals surface area contributed by atoms with Crippen molar-refractivity contribution in [1.29, 1.82) is 5.26 Å². The molecule has 1 aromatic heterocycles. The van der Waals surface area contributed by atoms with Crippen molar-refractivity contribution in [2.24, 2.45) is 0 Å². The summed E-state index contributed by atoms with van der Waals surface area (Å²) in [5.74, 6) is -0.561. The predicted octanol–water partition coefficient (Wildman–Crippen LogP) is 3.27. The number of aryl methyl sites for hydroxylation is 2. The highest BCUT2D eigenvalue weighted by Gasteiger charge is 2.22. The van der Waals surface area contributed by atoms with Crippen LogP contribution >= 0.6 is 0 Å². The molecular weight excluding hydrogens is 400 g/mol. The minimum absolute atomic E-state index is 0.262. The molecule has 3 rings (SSSR count). The first-order valence-electron chi connectivity index (χ1n) is 10.5. The lowest BCUT2D eigenvalue weighted by molar-refractivity contribution is -0.122. The molecule has 0 spiro atoms. The average Bonchev–Trinajstić information content (AvgIpc) is 2.81. The van der Waals surface area contributed by atoms with Gasteiger partial charge in [-0.05, 0) is 66.9 Å². The largest absolute Gasteiger partial charge is 0.354 e. The van der Waals surface area contributed by atoms with Gasteiger partial charge >= 0.3 is 0 Å². The summed E-state index contributed by atoms with van der Waals surface area (Å²) in [4.78, 5) is 30.1. The first-order valence-corrected chi connectivity index (χ1v) is 10.5. The molecule has 1 heterocycles. The zero-order valence-corrected chi connectivity index (χ0v) is 18.3. The third kappa shape index (κ3) is 6.26. The van der Waals surface area contributed by atoms with Crippen LogP contribution in [-0.2, 0) is 17.6 Å². The van der Waals surface area contributed by atoms with Gasteiger partial charge in [-0.25, -0.2) is 0 Å². The van der Waals surface area contributed by atoms with Crippen LogP contribution in [-0.4, -0.2) is 29.4 Å². The van der Waals surface area contributed by atoms with Gasteiger partial charge in [0.25, 0.3) is 5.91 Å². The van der Waals surface area contributed by atoms with E-state index in [4.69, 9.17) is 5.26 Å². The van der Waals surface area contributed by atoms with Crippen molar-refractivity contribution in [2.75, 3.05) is 6.54 Å². The lowest BCUT2D eigenvalue weighted by Gasteiger charge is -2.19. The Bertz CT molecular complexity index is 1120. The summed E-state index contributed by atoms with van der Waals surface area (Å²) >= 11 is 0. The van der Waals surface area contributed by atoms with Crippen LogP contribution in [0.1, 0.15) is 38.3 Å². The molecule has 6 heteroatoms. The van der Waals surface area contributed by atoms with E-state index in [-0.39, 0.29) is 11.8 Å². The highest BCUT2D eigenvalue weighted by molar-refractivity contribution is 5.97. The van der Waals surface area contributed by atoms with Crippen LogP contribution in [0, 0.1) is 25.2 Å². The number of benzene rings is 2. The molecule has 0 saturated carbocycles. The number of nitrogens with zero attached hydrogens (tertiary/aromatic N) is 2. The van der Waals surface area contributed by atoms with E-state index in [1.54, 1.807) is 36.5 Å². The van der Waals surface area contributed by atoms with E-state index in [9.17, 15) is 9.59 Å². The van der Waals surface area contributed by atoms with Crippen molar-refractivity contribution in [2.45, 2.75) is 32.7 Å². The van der Waals surface area contributed by atoms with Crippen LogP contribution in [0.15, 0.2) is 66.9 Å². The van der Waals surface area contributed by atoms with E-state index in [1.165, 1.54) is 0 Å². The predicted molar refractivity (Wildman–Crippen MR) is 123 cm³/mol. The van der Waals surface area contributed by atoms with Gasteiger partial charge in [-0.3, -0.25) is 14.6 Å². The van der Waals surface area contributed by atoms with Crippen molar-refractivity contribution >= 4 is 11.8 Å². The van der Waals surface area contributed by atoms with Crippen LogP contribution in [0.4, 0.5) is 0 Å². The second kappa shape index (κ2) is 10.9. The number of amides is 2. The number of nitrogens with one attached hydrogen (secondary N) is 2. The summed E-state index contributed by atoms with van der Waals surface area (Å²) in [6.07, 6.45) is 2.63. The summed E-state index contributed by atoms with van der Waals surface area (Å²) in [6.45, 7) is 4.35. The van der Waals surface area contributed by atoms with E-state index < -0.39 is 6.04 Å². The average molecular weight is 427 g/mol. The number of hydrogen-bond donors (Lipinski definition) is 2. The van der Waals surface area contributed by atoms with Gasteiger partial charge in [-0.15, -0.1) is 0 Å². The summed E-state index contributed by atoms with van der Waals surface area (Å²) in [6, 6.07) is 19.5. The molecule has 0 unspecified atom stereocenters. The fourth-order valence-electron chi connectivity index (χ4n) is 3.27. The van der Waals surface area contributed by atoms with Crippen LogP contribution in [0.25, 0.3) is 0 Å². The molecular formula is C26H26N4O2. The van der Waals surface area contributed by atoms with Crippen LogP contribution in [0.5, 0.6) is 0 Å². The molecule has 2 N–H and O–H groups in total. The summed E-state index contributed by atoms with van der Waals surface area (Å²) in [5.41, 5.74) is 4.91. The highest BCUT2D eigenvalue weighted by atomic mass is 16.2. The van der Waals surface area contributed by atoms with Gasteiger partial charge in [0.1, 0.15) is 6.04 Å². The second-order valence-electron chi connectivity index (χ2n) is 7.70. The molecule has 2 amide bonds. The Morgan fingerprint density at radius 3 is 2.47 bits per heavy atom. The Balaban J connectivity index is 1.71. The monoisotopic (exact) mass is 426 g/mol. The number of nitriles is 1. The van der Waals surface area contributed by atoms with Crippen molar-refractivity contribution in [3.8, 4) is 6.07 Å². The number of carbonyl (C=O) groups excluding carboxylic acids is 2. The minimum atomic E-state index is -0.749. The van der Waals surface area contributed by atoms with Gasteiger partial charge in [0.05, 0.1) is 11.6 Å². The molecule has 2 aromatic carbocycles. The lowest BCUT2D eigenvalue weighted by Crippen LogP contribution is -2.48. The smallest absolute Gasteiger partial charge is 0.251 e. The minimum Gasteiger partial charge on any atom is -0.354 e. The van der Waals surface area contributed by atoms with E-state index >= 15 is 0 Å². The quantitative estimate of drug-likeness (QED) is 0.578. The molecule has 6 nitrogen and oxygen atoms in total. The first kappa shape index (κ1) is 22.7. The number of pyridine rings is 1. The number of hydrogen-bond acceptors (Lipinski definition) is 4. The van der Waals surface area contributed by atoms with Crippen LogP contribution in [0.3, 0.4) is 0 Å². The standard InChI is InChI=1S/C26H26N4O2/c1-18-6-11-22(15-19(18)2)25(31)30-24(16-20-7-9-21(17-27)10-8-20)26(32)29-14-12-23-5-3-4-13-28-23/h3-11,13,15,24H,12,14,16H2,1-2H3,(H,29,32)(H,30,31)/t24-/m1/s1. The van der Waals surface area contributed by atoms with Gasteiger partial charge < -0.3 is 10.6 Å². The summed E-state index contributed by atoms with van der Waals surface area (Å²) < 4.78 is 0. The lowest BCUT2D eigenvalue weighted by atomic mass is 10.0. The molecule has 0 radical (unpaired) electrons. The molecule has 0 aliphatic heterocycles. The zero-order valence-electron chi connectivity index (χ0n) is 18.3. The van der Waals surface area contributed by atoms with Crippen molar-refractivity contribution in [3.63, 3.8) is 0 Å². The third-order valence-corrected chi connectivity index (χ3v) is 5.32. The molecule has 162 valence electrons. The van der Waals surface area contributed by atoms with E-state index in [0.717, 1.165) is 22.4 Å². The van der Waals surface area contributed by atoms with Gasteiger partial charge in [-0.2, -0.15) is 5.26 Å². The summed E-state index contributed by atoms with van der Waals surface area (Å²) in [7, 11) is 0. The maximum atomic E-state index is 13.0. The van der Waals surface area contributed by atoms with E-state index in [2.05, 4.69) is 21.7 Å². The van der Waals surface area contributed by atoms with Crippen molar-refractivity contribution in [3.05, 3.63) is 100 Å². The molecule has 1 atom stereocenters. The Kier molecular flexibility index (Phi) is 7.71. The molecule has 0 saturated heterocycles. The third-order valence-electron chi connectivity index (χ3n) is 5.32. The molecule has 0 fully saturated rings. The van der Waals surface area contributed by atoms with Crippen molar-refractivity contribution in [1.82, 2.24) is 15.6 Å². The number of carbonyl (C=O) groups is 2. The Hall–Kier alpha value is -3.98. The summed E-state index contributed by atoms with van der Waals surface area (Å²) in [5, 5.41) is 14.8. The second-order valence-corrected chi connectivity index (χ2v) is 7.70. The normalized spacial score (nSPS) is 11.3. The number of aromatic nitrogens is 1. The fourth-order valence-corrected chi connectivity index (χ4v) is 3.27. The Morgan fingerprint density at radius 1 is 1.03 bits per heavy atom. The zero-order chi connectivity index (χ0) is 22.9. The maximum absolute atomic E-state index is 13.0. The SMILES string of the molecule is Cc1ccc(C(=O)N[C@H](Cc2ccc(C#N)cc2)C(=O)NCCc2ccccn2)cc1C. The first-order chi connectivity index (χ1) is 15.5. The van der Waals surface area contributed by atoms with E-state index in [0.29, 0.717) is 30.5 Å². The molecule has 0 aliphatic carbocycles. The van der Waals surface area contributed by atoms with Gasteiger partial charge in [0, 0.05) is 36.8 Å². The van der Waals surface area contributed by atoms with Gasteiger partial charge in [-0.1, -0.05) is 24.3 Å². The highest BCUT2D eigenvalue weighted by Crippen LogP contribution is 2.11. The topological polar surface area (TPSA) is 94.9 Å². The Morgan fingerprint density at radius 2 is 1.81 bits per heavy atom. The molecule has 0 aliphatic rings. The van der Waals surface area contributed by atoms with Crippen molar-refractivity contribution < 1.29 is 9.59 Å². The van der Waals surface area contributed by atoms with Crippen LogP contribution < -0.4 is 10.6 Å².